The van der Waals surface area contributed by atoms with E-state index in [2.05, 4.69) is 94.9 Å². The van der Waals surface area contributed by atoms with Crippen molar-refractivity contribution in [2.45, 2.75) is 0 Å². The van der Waals surface area contributed by atoms with E-state index in [-0.39, 0.29) is 0 Å². The predicted molar refractivity (Wildman–Crippen MR) is 226 cm³/mol. The Morgan fingerprint density at radius 2 is 0.679 bits per heavy atom. The smallest absolute Gasteiger partial charge is 0.164 e. The monoisotopic (exact) mass is 716 g/mol. The van der Waals surface area contributed by atoms with Crippen LogP contribution in [0.25, 0.3) is 101 Å². The van der Waals surface area contributed by atoms with Gasteiger partial charge in [-0.25, -0.2) is 19.9 Å². The summed E-state index contributed by atoms with van der Waals surface area (Å²) in [7, 11) is 0. The minimum Gasteiger partial charge on any atom is -0.255 e. The van der Waals surface area contributed by atoms with Gasteiger partial charge in [0.2, 0.25) is 0 Å². The van der Waals surface area contributed by atoms with E-state index in [1.165, 1.54) is 0 Å². The Labute approximate surface area is 324 Å². The van der Waals surface area contributed by atoms with Gasteiger partial charge in [-0.1, -0.05) is 140 Å². The summed E-state index contributed by atoms with van der Waals surface area (Å²) in [6.45, 7) is 0. The van der Waals surface area contributed by atoms with E-state index < -0.39 is 0 Å². The lowest BCUT2D eigenvalue weighted by Gasteiger charge is -2.16. The summed E-state index contributed by atoms with van der Waals surface area (Å²) in [4.78, 5) is 29.4. The van der Waals surface area contributed by atoms with Crippen molar-refractivity contribution < 1.29 is 0 Å². The van der Waals surface area contributed by atoms with E-state index >= 15 is 0 Å². The summed E-state index contributed by atoms with van der Waals surface area (Å²) in [5, 5.41) is 4.47. The molecule has 0 N–H and O–H groups in total. The average Bonchev–Trinajstić information content (AvgIpc) is 3.29. The number of rotatable bonds is 7. The molecule has 0 amide bonds. The molecule has 10 aromatic rings. The minimum absolute atomic E-state index is 0.630. The van der Waals surface area contributed by atoms with Gasteiger partial charge in [0.1, 0.15) is 0 Å². The van der Waals surface area contributed by atoms with Crippen molar-refractivity contribution in [1.29, 1.82) is 0 Å². The second-order valence-corrected chi connectivity index (χ2v) is 13.5. The lowest BCUT2D eigenvalue weighted by molar-refractivity contribution is 1.08. The SMILES string of the molecule is c1ccc(-c2nc(-c3ccccc3)nc(-c3ccc(-c4cccc5c(-c6cc(-c7ccccn7)nc(-c7ccccn7)c6)cccc45)c4ccccc34)n2)cc1. The molecule has 0 bridgehead atoms. The van der Waals surface area contributed by atoms with Crippen molar-refractivity contribution >= 4 is 21.5 Å². The third kappa shape index (κ3) is 6.15. The number of aromatic nitrogens is 6. The van der Waals surface area contributed by atoms with Crippen LogP contribution in [-0.4, -0.2) is 29.9 Å². The largest absolute Gasteiger partial charge is 0.255 e. The fourth-order valence-electron chi connectivity index (χ4n) is 7.43. The van der Waals surface area contributed by atoms with Crippen LogP contribution < -0.4 is 0 Å². The Kier molecular flexibility index (Phi) is 8.39. The van der Waals surface area contributed by atoms with Gasteiger partial charge in [-0.15, -0.1) is 0 Å². The molecule has 0 aliphatic rings. The minimum atomic E-state index is 0.630. The maximum Gasteiger partial charge on any atom is 0.164 e. The van der Waals surface area contributed by atoms with Crippen molar-refractivity contribution in [2.75, 3.05) is 0 Å². The quantitative estimate of drug-likeness (QED) is 0.163. The van der Waals surface area contributed by atoms with Gasteiger partial charge in [0.25, 0.3) is 0 Å². The van der Waals surface area contributed by atoms with E-state index in [0.717, 1.165) is 83.3 Å². The van der Waals surface area contributed by atoms with Crippen molar-refractivity contribution in [3.63, 3.8) is 0 Å². The molecule has 0 spiro atoms. The molecule has 6 heteroatoms. The zero-order valence-electron chi connectivity index (χ0n) is 30.2. The molecular weight excluding hydrogens is 685 g/mol. The van der Waals surface area contributed by atoms with E-state index in [1.807, 2.05) is 97.1 Å². The molecule has 0 aliphatic carbocycles. The summed E-state index contributed by atoms with van der Waals surface area (Å²) in [6, 6.07) is 62.2. The Morgan fingerprint density at radius 1 is 0.250 bits per heavy atom. The molecule has 56 heavy (non-hydrogen) atoms. The number of nitrogens with zero attached hydrogens (tertiary/aromatic N) is 6. The fourth-order valence-corrected chi connectivity index (χ4v) is 7.43. The number of hydrogen-bond acceptors (Lipinski definition) is 6. The van der Waals surface area contributed by atoms with Crippen molar-refractivity contribution in [3.05, 3.63) is 194 Å². The summed E-state index contributed by atoms with van der Waals surface area (Å²) in [5.74, 6) is 1.90. The highest BCUT2D eigenvalue weighted by Crippen LogP contribution is 2.41. The normalized spacial score (nSPS) is 11.2. The zero-order valence-corrected chi connectivity index (χ0v) is 30.2. The molecule has 262 valence electrons. The molecule has 6 nitrogen and oxygen atoms in total. The maximum atomic E-state index is 5.07. The number of fused-ring (bicyclic) bond motifs is 2. The van der Waals surface area contributed by atoms with E-state index in [0.29, 0.717) is 17.5 Å². The Bertz CT molecular complexity index is 2730. The van der Waals surface area contributed by atoms with E-state index in [1.54, 1.807) is 12.4 Å². The second-order valence-electron chi connectivity index (χ2n) is 13.5. The molecular formula is C50H32N6. The molecule has 0 unspecified atom stereocenters. The Hall–Kier alpha value is -7.70. The summed E-state index contributed by atoms with van der Waals surface area (Å²) < 4.78 is 0. The van der Waals surface area contributed by atoms with Crippen LogP contribution in [0.4, 0.5) is 0 Å². The van der Waals surface area contributed by atoms with E-state index in [9.17, 15) is 0 Å². The van der Waals surface area contributed by atoms with Gasteiger partial charge in [0.15, 0.2) is 17.5 Å². The summed E-state index contributed by atoms with van der Waals surface area (Å²) >= 11 is 0. The highest BCUT2D eigenvalue weighted by atomic mass is 15.0. The van der Waals surface area contributed by atoms with Crippen LogP contribution in [0.5, 0.6) is 0 Å². The molecule has 0 saturated carbocycles. The molecule has 0 radical (unpaired) electrons. The fraction of sp³-hybridized carbons (Fsp3) is 0. The number of hydrogen-bond donors (Lipinski definition) is 0. The average molecular weight is 717 g/mol. The van der Waals surface area contributed by atoms with Crippen LogP contribution in [0, 0.1) is 0 Å². The summed E-state index contributed by atoms with van der Waals surface area (Å²) in [6.07, 6.45) is 3.60. The number of benzene rings is 6. The van der Waals surface area contributed by atoms with Crippen molar-refractivity contribution in [3.8, 4) is 79.2 Å². The van der Waals surface area contributed by atoms with Crippen LogP contribution >= 0.6 is 0 Å². The Balaban J connectivity index is 1.14. The summed E-state index contributed by atoms with van der Waals surface area (Å²) in [5.41, 5.74) is 10.5. The molecule has 0 fully saturated rings. The van der Waals surface area contributed by atoms with Crippen LogP contribution in [-0.2, 0) is 0 Å². The zero-order chi connectivity index (χ0) is 37.3. The van der Waals surface area contributed by atoms with Gasteiger partial charge < -0.3 is 0 Å². The van der Waals surface area contributed by atoms with Crippen LogP contribution in [0.2, 0.25) is 0 Å². The van der Waals surface area contributed by atoms with Crippen LogP contribution in [0.3, 0.4) is 0 Å². The van der Waals surface area contributed by atoms with Crippen LogP contribution in [0.1, 0.15) is 0 Å². The van der Waals surface area contributed by atoms with Gasteiger partial charge in [0, 0.05) is 29.1 Å². The predicted octanol–water partition coefficient (Wildman–Crippen LogP) is 12.0. The van der Waals surface area contributed by atoms with Gasteiger partial charge in [-0.2, -0.15) is 0 Å². The first-order chi connectivity index (χ1) is 27.8. The number of pyridine rings is 3. The highest BCUT2D eigenvalue weighted by molar-refractivity contribution is 6.11. The van der Waals surface area contributed by atoms with E-state index in [4.69, 9.17) is 19.9 Å². The first-order valence-corrected chi connectivity index (χ1v) is 18.5. The first-order valence-electron chi connectivity index (χ1n) is 18.5. The van der Waals surface area contributed by atoms with Gasteiger partial charge in [-0.05, 0) is 86.3 Å². The third-order valence-corrected chi connectivity index (χ3v) is 10.1. The molecule has 0 aliphatic heterocycles. The Morgan fingerprint density at radius 3 is 1.23 bits per heavy atom. The highest BCUT2D eigenvalue weighted by Gasteiger charge is 2.18. The standard InChI is InChI=1S/C50H32N6/c1-3-15-33(16-4-1)48-54-49(34-17-5-2-6-18-34)56-50(55-48)43-28-27-42(38-19-7-8-20-41(38)43)40-24-14-22-37-36(21-13-23-39(37)40)35-31-46(44-25-9-11-29-51-44)53-47(32-35)45-26-10-12-30-52-45/h1-32H. The maximum absolute atomic E-state index is 5.07. The van der Waals surface area contributed by atoms with Gasteiger partial charge in [0.05, 0.1) is 22.8 Å². The topological polar surface area (TPSA) is 77.3 Å². The lowest BCUT2D eigenvalue weighted by atomic mass is 9.89. The molecule has 4 aromatic heterocycles. The van der Waals surface area contributed by atoms with Gasteiger partial charge >= 0.3 is 0 Å². The second kappa shape index (κ2) is 14.3. The third-order valence-electron chi connectivity index (χ3n) is 10.1. The molecule has 10 rings (SSSR count). The molecule has 6 aromatic carbocycles. The van der Waals surface area contributed by atoms with Crippen molar-refractivity contribution in [2.24, 2.45) is 0 Å². The molecule has 0 saturated heterocycles. The molecule has 0 atom stereocenters. The van der Waals surface area contributed by atoms with Gasteiger partial charge in [-0.3, -0.25) is 9.97 Å². The first kappa shape index (κ1) is 32.9. The lowest BCUT2D eigenvalue weighted by Crippen LogP contribution is -2.00. The van der Waals surface area contributed by atoms with Crippen molar-refractivity contribution in [1.82, 2.24) is 29.9 Å². The molecule has 4 heterocycles. The van der Waals surface area contributed by atoms with Crippen LogP contribution in [0.15, 0.2) is 194 Å².